The smallest absolute Gasteiger partial charge is 0.141 e. The summed E-state index contributed by atoms with van der Waals surface area (Å²) in [6.45, 7) is 3.42. The van der Waals surface area contributed by atoms with Crippen LogP contribution in [0.5, 0.6) is 5.75 Å². The Morgan fingerprint density at radius 1 is 1.11 bits per heavy atom. The summed E-state index contributed by atoms with van der Waals surface area (Å²) >= 11 is 0. The van der Waals surface area contributed by atoms with E-state index in [1.54, 1.807) is 6.20 Å². The van der Waals surface area contributed by atoms with Crippen LogP contribution < -0.4 is 10.1 Å². The highest BCUT2D eigenvalue weighted by Crippen LogP contribution is 2.15. The van der Waals surface area contributed by atoms with E-state index in [0.717, 1.165) is 23.6 Å². The number of aromatic nitrogens is 1. The zero-order chi connectivity index (χ0) is 12.8. The molecule has 0 unspecified atom stereocenters. The molecular formula is C15H18N2O. The van der Waals surface area contributed by atoms with Gasteiger partial charge in [0.15, 0.2) is 0 Å². The van der Waals surface area contributed by atoms with Gasteiger partial charge in [-0.2, -0.15) is 0 Å². The third-order valence-corrected chi connectivity index (χ3v) is 2.76. The van der Waals surface area contributed by atoms with Crippen molar-refractivity contribution in [1.82, 2.24) is 10.3 Å². The minimum atomic E-state index is 0.576. The molecule has 0 saturated heterocycles. The molecule has 94 valence electrons. The molecule has 3 heteroatoms. The van der Waals surface area contributed by atoms with E-state index >= 15 is 0 Å². The lowest BCUT2D eigenvalue weighted by Gasteiger charge is -2.08. The minimum absolute atomic E-state index is 0.576. The monoisotopic (exact) mass is 242 g/mol. The van der Waals surface area contributed by atoms with Crippen LogP contribution in [0, 0.1) is 6.92 Å². The quantitative estimate of drug-likeness (QED) is 0.875. The summed E-state index contributed by atoms with van der Waals surface area (Å²) in [7, 11) is 1.95. The van der Waals surface area contributed by atoms with Crippen molar-refractivity contribution < 1.29 is 4.74 Å². The number of aryl methyl sites for hydroxylation is 1. The number of hydrogen-bond acceptors (Lipinski definition) is 3. The Morgan fingerprint density at radius 3 is 2.50 bits per heavy atom. The van der Waals surface area contributed by atoms with Crippen molar-refractivity contribution in [3.8, 4) is 5.75 Å². The first-order valence-corrected chi connectivity index (χ1v) is 6.06. The first-order valence-electron chi connectivity index (χ1n) is 6.06. The van der Waals surface area contributed by atoms with Crippen molar-refractivity contribution in [2.45, 2.75) is 20.1 Å². The number of nitrogens with one attached hydrogen (secondary N) is 1. The fraction of sp³-hybridized carbons (Fsp3) is 0.267. The second-order valence-electron chi connectivity index (χ2n) is 4.22. The van der Waals surface area contributed by atoms with Gasteiger partial charge in [0.05, 0.1) is 5.69 Å². The molecule has 0 radical (unpaired) electrons. The first kappa shape index (κ1) is 12.6. The average Bonchev–Trinajstić information content (AvgIpc) is 2.40. The van der Waals surface area contributed by atoms with E-state index in [-0.39, 0.29) is 0 Å². The van der Waals surface area contributed by atoms with Gasteiger partial charge in [0.1, 0.15) is 12.4 Å². The summed E-state index contributed by atoms with van der Waals surface area (Å²) in [6.07, 6.45) is 1.77. The molecular weight excluding hydrogens is 224 g/mol. The third kappa shape index (κ3) is 3.31. The molecule has 0 aliphatic heterocycles. The maximum atomic E-state index is 5.74. The van der Waals surface area contributed by atoms with Crippen molar-refractivity contribution in [3.05, 3.63) is 59.4 Å². The van der Waals surface area contributed by atoms with Gasteiger partial charge in [-0.25, -0.2) is 0 Å². The Bertz CT molecular complexity index is 494. The predicted molar refractivity (Wildman–Crippen MR) is 72.5 cm³/mol. The Morgan fingerprint density at radius 2 is 1.83 bits per heavy atom. The summed E-state index contributed by atoms with van der Waals surface area (Å²) in [5, 5.41) is 3.13. The molecule has 2 aromatic rings. The van der Waals surface area contributed by atoms with Crippen LogP contribution in [0.4, 0.5) is 0 Å². The lowest BCUT2D eigenvalue weighted by Crippen LogP contribution is -2.05. The maximum Gasteiger partial charge on any atom is 0.141 e. The van der Waals surface area contributed by atoms with Gasteiger partial charge < -0.3 is 10.1 Å². The van der Waals surface area contributed by atoms with Crippen LogP contribution >= 0.6 is 0 Å². The highest BCUT2D eigenvalue weighted by atomic mass is 16.5. The fourth-order valence-electron chi connectivity index (χ4n) is 1.74. The molecule has 0 aliphatic carbocycles. The zero-order valence-electron chi connectivity index (χ0n) is 10.8. The minimum Gasteiger partial charge on any atom is -0.487 e. The Hall–Kier alpha value is -1.87. The van der Waals surface area contributed by atoms with Crippen LogP contribution in [-0.2, 0) is 13.2 Å². The van der Waals surface area contributed by atoms with Crippen molar-refractivity contribution in [3.63, 3.8) is 0 Å². The van der Waals surface area contributed by atoms with Gasteiger partial charge >= 0.3 is 0 Å². The van der Waals surface area contributed by atoms with Gasteiger partial charge in [-0.15, -0.1) is 0 Å². The SMILES string of the molecule is CNCc1ccc(COc2cccnc2C)cc1. The lowest BCUT2D eigenvalue weighted by atomic mass is 10.1. The normalized spacial score (nSPS) is 10.3. The highest BCUT2D eigenvalue weighted by molar-refractivity contribution is 5.27. The second-order valence-corrected chi connectivity index (χ2v) is 4.22. The van der Waals surface area contributed by atoms with Gasteiger partial charge in [0.25, 0.3) is 0 Å². The molecule has 1 aromatic heterocycles. The van der Waals surface area contributed by atoms with Gasteiger partial charge in [-0.1, -0.05) is 24.3 Å². The molecule has 0 bridgehead atoms. The van der Waals surface area contributed by atoms with Gasteiger partial charge in [0.2, 0.25) is 0 Å². The largest absolute Gasteiger partial charge is 0.487 e. The lowest BCUT2D eigenvalue weighted by molar-refractivity contribution is 0.302. The fourth-order valence-corrected chi connectivity index (χ4v) is 1.74. The molecule has 0 aliphatic rings. The second kappa shape index (κ2) is 6.17. The molecule has 0 amide bonds. The number of ether oxygens (including phenoxy) is 1. The number of pyridine rings is 1. The highest BCUT2D eigenvalue weighted by Gasteiger charge is 2.00. The van der Waals surface area contributed by atoms with E-state index in [2.05, 4.69) is 34.6 Å². The van der Waals surface area contributed by atoms with Gasteiger partial charge in [-0.05, 0) is 37.2 Å². The van der Waals surface area contributed by atoms with E-state index in [0.29, 0.717) is 6.61 Å². The van der Waals surface area contributed by atoms with Crippen LogP contribution in [-0.4, -0.2) is 12.0 Å². The molecule has 1 N–H and O–H groups in total. The van der Waals surface area contributed by atoms with Crippen molar-refractivity contribution in [2.24, 2.45) is 0 Å². The summed E-state index contributed by atoms with van der Waals surface area (Å²) in [6, 6.07) is 12.3. The summed E-state index contributed by atoms with van der Waals surface area (Å²) in [5.74, 6) is 0.844. The van der Waals surface area contributed by atoms with Gasteiger partial charge in [0, 0.05) is 12.7 Å². The number of nitrogens with zero attached hydrogens (tertiary/aromatic N) is 1. The average molecular weight is 242 g/mol. The van der Waals surface area contributed by atoms with E-state index in [4.69, 9.17) is 4.74 Å². The Balaban J connectivity index is 1.96. The standard InChI is InChI=1S/C15H18N2O/c1-12-15(4-3-9-17-12)18-11-14-7-5-13(6-8-14)10-16-2/h3-9,16H,10-11H2,1-2H3. The van der Waals surface area contributed by atoms with E-state index in [9.17, 15) is 0 Å². The van der Waals surface area contributed by atoms with Crippen LogP contribution in [0.3, 0.4) is 0 Å². The predicted octanol–water partition coefficient (Wildman–Crippen LogP) is 2.69. The molecule has 2 rings (SSSR count). The molecule has 1 aromatic carbocycles. The zero-order valence-corrected chi connectivity index (χ0v) is 10.8. The van der Waals surface area contributed by atoms with Crippen LogP contribution in [0.25, 0.3) is 0 Å². The van der Waals surface area contributed by atoms with Crippen molar-refractivity contribution in [1.29, 1.82) is 0 Å². The maximum absolute atomic E-state index is 5.74. The number of benzene rings is 1. The van der Waals surface area contributed by atoms with Crippen LogP contribution in [0.1, 0.15) is 16.8 Å². The van der Waals surface area contributed by atoms with E-state index < -0.39 is 0 Å². The molecule has 3 nitrogen and oxygen atoms in total. The number of rotatable bonds is 5. The number of hydrogen-bond donors (Lipinski definition) is 1. The van der Waals surface area contributed by atoms with Crippen LogP contribution in [0.15, 0.2) is 42.6 Å². The third-order valence-electron chi connectivity index (χ3n) is 2.76. The van der Waals surface area contributed by atoms with Crippen molar-refractivity contribution in [2.75, 3.05) is 7.05 Å². The Labute approximate surface area is 108 Å². The molecule has 0 atom stereocenters. The molecule has 0 spiro atoms. The summed E-state index contributed by atoms with van der Waals surface area (Å²) in [4.78, 5) is 4.20. The molecule has 0 saturated carbocycles. The van der Waals surface area contributed by atoms with Crippen molar-refractivity contribution >= 4 is 0 Å². The molecule has 1 heterocycles. The van der Waals surface area contributed by atoms with Crippen LogP contribution in [0.2, 0.25) is 0 Å². The first-order chi connectivity index (χ1) is 8.79. The van der Waals surface area contributed by atoms with E-state index in [1.807, 2.05) is 26.1 Å². The molecule has 0 fully saturated rings. The van der Waals surface area contributed by atoms with Gasteiger partial charge in [-0.3, -0.25) is 4.98 Å². The Kier molecular flexibility index (Phi) is 4.31. The summed E-state index contributed by atoms with van der Waals surface area (Å²) < 4.78 is 5.74. The van der Waals surface area contributed by atoms with E-state index in [1.165, 1.54) is 5.56 Å². The topological polar surface area (TPSA) is 34.1 Å². The molecule has 18 heavy (non-hydrogen) atoms. The summed E-state index contributed by atoms with van der Waals surface area (Å²) in [5.41, 5.74) is 3.36.